The minimum absolute atomic E-state index is 0.0974. The first-order valence-corrected chi connectivity index (χ1v) is 18.5. The van der Waals surface area contributed by atoms with E-state index in [1.165, 1.54) is 12.0 Å². The normalized spacial score (nSPS) is 31.4. The minimum Gasteiger partial charge on any atom is -0.497 e. The second-order valence-electron chi connectivity index (χ2n) is 17.1. The molecule has 3 heterocycles. The Morgan fingerprint density at radius 3 is 2.41 bits per heavy atom. The predicted molar refractivity (Wildman–Crippen MR) is 185 cm³/mol. The fourth-order valence-corrected chi connectivity index (χ4v) is 8.53. The summed E-state index contributed by atoms with van der Waals surface area (Å²) >= 11 is 0. The third kappa shape index (κ3) is 7.80. The zero-order chi connectivity index (χ0) is 37.0. The van der Waals surface area contributed by atoms with Crippen LogP contribution in [0.25, 0.3) is 11.0 Å². The smallest absolute Gasteiger partial charge is 0.329 e. The molecule has 280 valence electrons. The van der Waals surface area contributed by atoms with E-state index < -0.39 is 70.9 Å². The molecule has 2 saturated carbocycles. The lowest BCUT2D eigenvalue weighted by Crippen LogP contribution is -2.50. The molecule has 1 amide bonds. The Balaban J connectivity index is 1.45. The van der Waals surface area contributed by atoms with Gasteiger partial charge in [0, 0.05) is 18.4 Å². The minimum atomic E-state index is -3.39. The molecule has 51 heavy (non-hydrogen) atoms. The van der Waals surface area contributed by atoms with Crippen molar-refractivity contribution in [3.05, 3.63) is 23.9 Å². The van der Waals surface area contributed by atoms with Gasteiger partial charge in [0.1, 0.15) is 29.6 Å². The number of esters is 2. The van der Waals surface area contributed by atoms with E-state index in [2.05, 4.69) is 9.97 Å². The number of ether oxygens (including phenoxy) is 4. The van der Waals surface area contributed by atoms with E-state index in [4.69, 9.17) is 18.9 Å². The fraction of sp³-hybridized carbons (Fsp3) is 0.718. The van der Waals surface area contributed by atoms with Gasteiger partial charge in [-0.1, -0.05) is 34.1 Å². The largest absolute Gasteiger partial charge is 0.497 e. The van der Waals surface area contributed by atoms with Gasteiger partial charge in [0.2, 0.25) is 11.8 Å². The molecule has 0 unspecified atom stereocenters. The first-order chi connectivity index (χ1) is 23.9. The number of fused-ring (bicyclic) bond motifs is 7. The number of carbonyl (C=O) groups excluding carboxylic acids is 3. The van der Waals surface area contributed by atoms with Crippen molar-refractivity contribution in [2.24, 2.45) is 35.0 Å². The molecule has 2 aliphatic carbocycles. The van der Waals surface area contributed by atoms with Crippen molar-refractivity contribution < 1.29 is 42.1 Å². The van der Waals surface area contributed by atoms with Gasteiger partial charge in [-0.2, -0.15) is 8.78 Å². The molecule has 0 radical (unpaired) electrons. The molecule has 2 aromatic rings. The fourth-order valence-electron chi connectivity index (χ4n) is 8.53. The zero-order valence-electron chi connectivity index (χ0n) is 31.2. The van der Waals surface area contributed by atoms with Crippen molar-refractivity contribution in [3.63, 3.8) is 0 Å². The Labute approximate surface area is 299 Å². The van der Waals surface area contributed by atoms with E-state index in [0.29, 0.717) is 42.4 Å². The number of aromatic nitrogens is 2. The molecule has 1 aromatic heterocycles. The van der Waals surface area contributed by atoms with E-state index in [1.807, 2.05) is 27.7 Å². The van der Waals surface area contributed by atoms with Crippen LogP contribution in [0.4, 0.5) is 8.78 Å². The lowest BCUT2D eigenvalue weighted by atomic mass is 9.77. The van der Waals surface area contributed by atoms with Crippen molar-refractivity contribution in [3.8, 4) is 11.6 Å². The molecular weight excluding hydrogens is 660 g/mol. The Morgan fingerprint density at radius 1 is 1.00 bits per heavy atom. The summed E-state index contributed by atoms with van der Waals surface area (Å²) in [7, 11) is 1.50. The van der Waals surface area contributed by atoms with Crippen molar-refractivity contribution in [2.75, 3.05) is 13.7 Å². The first kappa shape index (κ1) is 37.2. The van der Waals surface area contributed by atoms with Gasteiger partial charge in [0.05, 0.1) is 37.0 Å². The summed E-state index contributed by atoms with van der Waals surface area (Å²) in [5, 5.41) is 0. The van der Waals surface area contributed by atoms with Crippen LogP contribution in [0.1, 0.15) is 106 Å². The quantitative estimate of drug-likeness (QED) is 0.303. The number of carbonyl (C=O) groups is 3. The molecule has 1 saturated heterocycles. The van der Waals surface area contributed by atoms with Gasteiger partial charge in [0.15, 0.2) is 5.69 Å². The summed E-state index contributed by atoms with van der Waals surface area (Å²) in [5.74, 6) is -5.17. The van der Waals surface area contributed by atoms with Crippen molar-refractivity contribution >= 4 is 28.9 Å². The van der Waals surface area contributed by atoms with Crippen LogP contribution in [0, 0.1) is 35.0 Å². The average molecular weight is 714 g/mol. The summed E-state index contributed by atoms with van der Waals surface area (Å²) in [4.78, 5) is 52.7. The topological polar surface area (TPSA) is 117 Å². The first-order valence-electron chi connectivity index (χ1n) is 18.5. The molecule has 2 aliphatic heterocycles. The van der Waals surface area contributed by atoms with Crippen LogP contribution in [0.2, 0.25) is 0 Å². The summed E-state index contributed by atoms with van der Waals surface area (Å²) < 4.78 is 56.5. The molecule has 12 heteroatoms. The summed E-state index contributed by atoms with van der Waals surface area (Å²) in [6.45, 7) is 12.7. The van der Waals surface area contributed by atoms with Crippen LogP contribution in [0.15, 0.2) is 18.2 Å². The van der Waals surface area contributed by atoms with Crippen molar-refractivity contribution in [1.82, 2.24) is 14.9 Å². The van der Waals surface area contributed by atoms with E-state index in [1.54, 1.807) is 39.0 Å². The number of alkyl halides is 2. The molecule has 10 nitrogen and oxygen atoms in total. The third-order valence-corrected chi connectivity index (χ3v) is 11.3. The van der Waals surface area contributed by atoms with Crippen molar-refractivity contribution in [1.29, 1.82) is 0 Å². The van der Waals surface area contributed by atoms with E-state index in [0.717, 1.165) is 12.8 Å². The summed E-state index contributed by atoms with van der Waals surface area (Å²) in [6.07, 6.45) is 1.84. The molecule has 3 fully saturated rings. The van der Waals surface area contributed by atoms with Crippen LogP contribution in [0.5, 0.6) is 11.6 Å². The molecule has 2 bridgehead atoms. The lowest BCUT2D eigenvalue weighted by molar-refractivity contribution is -0.167. The van der Waals surface area contributed by atoms with Gasteiger partial charge in [-0.25, -0.2) is 14.8 Å². The van der Waals surface area contributed by atoms with Crippen LogP contribution in [0.3, 0.4) is 0 Å². The number of halogens is 2. The average Bonchev–Trinajstić information content (AvgIpc) is 3.57. The molecule has 0 N–H and O–H groups in total. The number of hydrogen-bond donors (Lipinski definition) is 0. The Hall–Kier alpha value is -3.57. The maximum Gasteiger partial charge on any atom is 0.329 e. The Kier molecular flexibility index (Phi) is 10.0. The zero-order valence-corrected chi connectivity index (χ0v) is 31.2. The van der Waals surface area contributed by atoms with Crippen LogP contribution in [-0.2, 0) is 29.8 Å². The van der Waals surface area contributed by atoms with Crippen LogP contribution in [-0.4, -0.2) is 70.2 Å². The van der Waals surface area contributed by atoms with E-state index in [9.17, 15) is 14.4 Å². The maximum atomic E-state index is 16.3. The van der Waals surface area contributed by atoms with Gasteiger partial charge in [-0.05, 0) is 88.2 Å². The van der Waals surface area contributed by atoms with E-state index in [-0.39, 0.29) is 42.8 Å². The van der Waals surface area contributed by atoms with Gasteiger partial charge < -0.3 is 23.8 Å². The van der Waals surface area contributed by atoms with Crippen LogP contribution < -0.4 is 9.47 Å². The standard InChI is InChI=1S/C39H53F2N3O7/c1-9-23-30-20-44(32(23)36(47)51-38(5,6)7)35(46)26(37(2,3)4)19-31(45)49-29-17-21-16-25(21)24(29)12-10-11-15-39(40,41)33-34(50-30)43-28-18-22(48-8)13-14-27(28)42-33/h13-14,18,21,23-26,29-30,32H,9-12,15-17,19-20H2,1-8H3/t21-,23+,24+,25-,26+,29+,30-,32-/m0/s1. The van der Waals surface area contributed by atoms with Gasteiger partial charge in [-0.3, -0.25) is 9.59 Å². The highest BCUT2D eigenvalue weighted by Crippen LogP contribution is 2.58. The highest BCUT2D eigenvalue weighted by Gasteiger charge is 2.56. The number of hydrogen-bond acceptors (Lipinski definition) is 9. The Morgan fingerprint density at radius 2 is 1.75 bits per heavy atom. The number of rotatable bonds is 3. The molecule has 0 spiro atoms. The second kappa shape index (κ2) is 13.8. The molecule has 4 aliphatic rings. The van der Waals surface area contributed by atoms with E-state index >= 15 is 8.78 Å². The SMILES string of the molecule is CC[C@@H]1[C@@H]2CN(C(=O)[C@H](C(C)(C)C)CC(=O)O[C@@H]3C[C@@H]4C[C@@H]4[C@H]3CCCCC(F)(F)c3nc4ccc(OC)cc4nc3O2)[C@@H]1C(=O)OC(C)(C)C. The predicted octanol–water partition coefficient (Wildman–Crippen LogP) is 7.25. The Bertz CT molecular complexity index is 1650. The molecule has 6 rings (SSSR count). The monoisotopic (exact) mass is 713 g/mol. The van der Waals surface area contributed by atoms with Gasteiger partial charge >= 0.3 is 11.9 Å². The maximum absolute atomic E-state index is 16.3. The summed E-state index contributed by atoms with van der Waals surface area (Å²) in [6, 6.07) is 3.76. The highest BCUT2D eigenvalue weighted by atomic mass is 19.3. The van der Waals surface area contributed by atoms with Crippen molar-refractivity contribution in [2.45, 2.75) is 130 Å². The van der Waals surface area contributed by atoms with Gasteiger partial charge in [-0.15, -0.1) is 0 Å². The van der Waals surface area contributed by atoms with Crippen LogP contribution >= 0.6 is 0 Å². The number of methoxy groups -OCH3 is 1. The lowest BCUT2D eigenvalue weighted by Gasteiger charge is -2.36. The second-order valence-corrected chi connectivity index (χ2v) is 17.1. The van der Waals surface area contributed by atoms with Gasteiger partial charge in [0.25, 0.3) is 5.92 Å². The number of amides is 1. The molecular formula is C39H53F2N3O7. The third-order valence-electron chi connectivity index (χ3n) is 11.3. The highest BCUT2D eigenvalue weighted by molar-refractivity contribution is 5.90. The number of nitrogens with zero attached hydrogens (tertiary/aromatic N) is 3. The number of benzene rings is 1. The summed E-state index contributed by atoms with van der Waals surface area (Å²) in [5.41, 5.74) is -1.53. The molecule has 8 atom stereocenters. The molecule has 1 aromatic carbocycles.